The molecule has 0 aliphatic heterocycles. The van der Waals surface area contributed by atoms with E-state index in [1.165, 1.54) is 5.56 Å². The second-order valence-electron chi connectivity index (χ2n) is 4.32. The van der Waals surface area contributed by atoms with E-state index in [1.807, 2.05) is 18.2 Å². The summed E-state index contributed by atoms with van der Waals surface area (Å²) >= 11 is 0. The van der Waals surface area contributed by atoms with Crippen LogP contribution in [0.4, 0.5) is 0 Å². The Balaban J connectivity index is 0.00000324. The van der Waals surface area contributed by atoms with Crippen LogP contribution in [0.5, 0.6) is 5.75 Å². The summed E-state index contributed by atoms with van der Waals surface area (Å²) in [6.45, 7) is 4.88. The predicted molar refractivity (Wildman–Crippen MR) is 91.5 cm³/mol. The number of benzene rings is 1. The van der Waals surface area contributed by atoms with Crippen molar-refractivity contribution in [3.8, 4) is 5.75 Å². The van der Waals surface area contributed by atoms with Gasteiger partial charge in [-0.25, -0.2) is 0 Å². The number of rotatable bonds is 6. The van der Waals surface area contributed by atoms with Gasteiger partial charge >= 0.3 is 0 Å². The number of ether oxygens (including phenoxy) is 1. The standard InChI is InChI=1S/C14H23N3O.HI/c1-4-11(2)17-14(15)16-9-8-12-6-5-7-13(10-12)18-3;/h5-7,10-11H,4,8-9H2,1-3H3,(H3,15,16,17);1H. The minimum absolute atomic E-state index is 0. The third-order valence-electron chi connectivity index (χ3n) is 2.82. The van der Waals surface area contributed by atoms with E-state index in [1.54, 1.807) is 7.11 Å². The first kappa shape index (κ1) is 18.0. The summed E-state index contributed by atoms with van der Waals surface area (Å²) in [5.41, 5.74) is 6.99. The smallest absolute Gasteiger partial charge is 0.188 e. The van der Waals surface area contributed by atoms with E-state index in [4.69, 9.17) is 10.5 Å². The number of halogens is 1. The average molecular weight is 377 g/mol. The Labute approximate surface area is 132 Å². The molecule has 1 unspecified atom stereocenters. The van der Waals surface area contributed by atoms with E-state index in [0.29, 0.717) is 18.5 Å². The molecular weight excluding hydrogens is 353 g/mol. The lowest BCUT2D eigenvalue weighted by Crippen LogP contribution is -2.38. The zero-order valence-electron chi connectivity index (χ0n) is 11.8. The summed E-state index contributed by atoms with van der Waals surface area (Å²) in [5, 5.41) is 3.14. The highest BCUT2D eigenvalue weighted by molar-refractivity contribution is 14.0. The molecule has 1 aromatic carbocycles. The van der Waals surface area contributed by atoms with Crippen LogP contribution in [0, 0.1) is 0 Å². The van der Waals surface area contributed by atoms with E-state index >= 15 is 0 Å². The van der Waals surface area contributed by atoms with Crippen LogP contribution in [0.1, 0.15) is 25.8 Å². The first-order valence-corrected chi connectivity index (χ1v) is 6.35. The molecule has 0 amide bonds. The van der Waals surface area contributed by atoms with Crippen molar-refractivity contribution in [3.05, 3.63) is 29.8 Å². The highest BCUT2D eigenvalue weighted by atomic mass is 127. The topological polar surface area (TPSA) is 59.6 Å². The molecule has 0 fully saturated rings. The molecule has 0 bridgehead atoms. The predicted octanol–water partition coefficient (Wildman–Crippen LogP) is 2.56. The monoisotopic (exact) mass is 377 g/mol. The molecule has 1 aromatic rings. The van der Waals surface area contributed by atoms with Gasteiger partial charge in [0, 0.05) is 12.6 Å². The number of nitrogens with one attached hydrogen (secondary N) is 1. The fourth-order valence-corrected chi connectivity index (χ4v) is 1.53. The van der Waals surface area contributed by atoms with Crippen LogP contribution in [-0.2, 0) is 6.42 Å². The molecule has 1 rings (SSSR count). The number of hydrogen-bond acceptors (Lipinski definition) is 2. The molecule has 0 saturated heterocycles. The molecule has 0 spiro atoms. The third kappa shape index (κ3) is 7.25. The first-order chi connectivity index (χ1) is 8.65. The Morgan fingerprint density at radius 3 is 2.84 bits per heavy atom. The minimum Gasteiger partial charge on any atom is -0.497 e. The van der Waals surface area contributed by atoms with Crippen LogP contribution in [-0.4, -0.2) is 25.7 Å². The van der Waals surface area contributed by atoms with Crippen LogP contribution in [0.2, 0.25) is 0 Å². The largest absolute Gasteiger partial charge is 0.497 e. The maximum atomic E-state index is 5.78. The number of guanidine groups is 1. The van der Waals surface area contributed by atoms with Gasteiger partial charge in [0.25, 0.3) is 0 Å². The molecule has 0 aromatic heterocycles. The van der Waals surface area contributed by atoms with Gasteiger partial charge in [0.05, 0.1) is 7.11 Å². The number of nitrogens with two attached hydrogens (primary N) is 1. The summed E-state index contributed by atoms with van der Waals surface area (Å²) in [6, 6.07) is 8.37. The number of hydrogen-bond donors (Lipinski definition) is 2. The van der Waals surface area contributed by atoms with Gasteiger partial charge in [-0.2, -0.15) is 0 Å². The molecule has 0 aliphatic rings. The Kier molecular flexibility index (Phi) is 9.38. The number of methoxy groups -OCH3 is 1. The van der Waals surface area contributed by atoms with Crippen LogP contribution in [0.15, 0.2) is 29.3 Å². The molecular formula is C14H24IN3O. The van der Waals surface area contributed by atoms with Crippen LogP contribution in [0.25, 0.3) is 0 Å². The Hall–Kier alpha value is -0.980. The van der Waals surface area contributed by atoms with E-state index < -0.39 is 0 Å². The first-order valence-electron chi connectivity index (χ1n) is 6.35. The van der Waals surface area contributed by atoms with Gasteiger partial charge < -0.3 is 15.8 Å². The fraction of sp³-hybridized carbons (Fsp3) is 0.500. The van der Waals surface area contributed by atoms with Crippen molar-refractivity contribution in [2.45, 2.75) is 32.7 Å². The van der Waals surface area contributed by atoms with Crippen LogP contribution in [0.3, 0.4) is 0 Å². The summed E-state index contributed by atoms with van der Waals surface area (Å²) in [5.74, 6) is 1.40. The van der Waals surface area contributed by atoms with Crippen molar-refractivity contribution in [2.75, 3.05) is 13.7 Å². The molecule has 108 valence electrons. The summed E-state index contributed by atoms with van der Waals surface area (Å²) in [7, 11) is 1.67. The van der Waals surface area contributed by atoms with Gasteiger partial charge in [-0.1, -0.05) is 19.1 Å². The van der Waals surface area contributed by atoms with Crippen LogP contribution >= 0.6 is 24.0 Å². The van der Waals surface area contributed by atoms with Crippen molar-refractivity contribution < 1.29 is 4.74 Å². The number of nitrogens with zero attached hydrogens (tertiary/aromatic N) is 1. The molecule has 0 aliphatic carbocycles. The van der Waals surface area contributed by atoms with Crippen molar-refractivity contribution in [1.29, 1.82) is 0 Å². The third-order valence-corrected chi connectivity index (χ3v) is 2.82. The highest BCUT2D eigenvalue weighted by Crippen LogP contribution is 2.12. The van der Waals surface area contributed by atoms with Gasteiger partial charge in [-0.15, -0.1) is 24.0 Å². The van der Waals surface area contributed by atoms with Gasteiger partial charge in [0.1, 0.15) is 5.75 Å². The molecule has 5 heteroatoms. The second kappa shape index (κ2) is 9.89. The average Bonchev–Trinajstić information content (AvgIpc) is 2.38. The second-order valence-corrected chi connectivity index (χ2v) is 4.32. The Morgan fingerprint density at radius 1 is 1.47 bits per heavy atom. The van der Waals surface area contributed by atoms with E-state index in [-0.39, 0.29) is 24.0 Å². The normalized spacial score (nSPS) is 12.5. The lowest BCUT2D eigenvalue weighted by Gasteiger charge is -2.11. The van der Waals surface area contributed by atoms with Crippen molar-refractivity contribution in [1.82, 2.24) is 5.32 Å². The molecule has 4 nitrogen and oxygen atoms in total. The zero-order valence-corrected chi connectivity index (χ0v) is 14.2. The van der Waals surface area contributed by atoms with Gasteiger partial charge in [-0.05, 0) is 37.5 Å². The van der Waals surface area contributed by atoms with Gasteiger partial charge in [0.15, 0.2) is 5.96 Å². The lowest BCUT2D eigenvalue weighted by molar-refractivity contribution is 0.414. The molecule has 19 heavy (non-hydrogen) atoms. The molecule has 0 heterocycles. The summed E-state index contributed by atoms with van der Waals surface area (Å²) in [6.07, 6.45) is 1.90. The Morgan fingerprint density at radius 2 is 2.21 bits per heavy atom. The maximum absolute atomic E-state index is 5.78. The highest BCUT2D eigenvalue weighted by Gasteiger charge is 1.99. The van der Waals surface area contributed by atoms with E-state index in [2.05, 4.69) is 30.2 Å². The maximum Gasteiger partial charge on any atom is 0.188 e. The number of aliphatic imine (C=N–C) groups is 1. The molecule has 0 radical (unpaired) electrons. The van der Waals surface area contributed by atoms with Crippen molar-refractivity contribution >= 4 is 29.9 Å². The van der Waals surface area contributed by atoms with Gasteiger partial charge in [0.2, 0.25) is 0 Å². The van der Waals surface area contributed by atoms with E-state index in [9.17, 15) is 0 Å². The van der Waals surface area contributed by atoms with Crippen molar-refractivity contribution in [3.63, 3.8) is 0 Å². The quantitative estimate of drug-likeness (QED) is 0.455. The Bertz CT molecular complexity index is 396. The van der Waals surface area contributed by atoms with Crippen LogP contribution < -0.4 is 15.8 Å². The lowest BCUT2D eigenvalue weighted by atomic mass is 10.1. The minimum atomic E-state index is 0. The van der Waals surface area contributed by atoms with Gasteiger partial charge in [-0.3, -0.25) is 4.99 Å². The molecule has 1 atom stereocenters. The molecule has 3 N–H and O–H groups in total. The van der Waals surface area contributed by atoms with E-state index in [0.717, 1.165) is 18.6 Å². The molecule has 0 saturated carbocycles. The van der Waals surface area contributed by atoms with Crippen molar-refractivity contribution in [2.24, 2.45) is 10.7 Å². The fourth-order valence-electron chi connectivity index (χ4n) is 1.53. The summed E-state index contributed by atoms with van der Waals surface area (Å²) < 4.78 is 5.18. The zero-order chi connectivity index (χ0) is 13.4. The summed E-state index contributed by atoms with van der Waals surface area (Å²) in [4.78, 5) is 4.31. The SMILES string of the molecule is CCC(C)NC(N)=NCCc1cccc(OC)c1.I.